The zero-order chi connectivity index (χ0) is 24.8. The van der Waals surface area contributed by atoms with Gasteiger partial charge in [-0.15, -0.1) is 11.3 Å². The van der Waals surface area contributed by atoms with Crippen molar-refractivity contribution in [3.05, 3.63) is 83.1 Å². The highest BCUT2D eigenvalue weighted by Gasteiger charge is 2.14. The Morgan fingerprint density at radius 3 is 2.69 bits per heavy atom. The fraction of sp³-hybridized carbons (Fsp3) is 0.120. The van der Waals surface area contributed by atoms with Gasteiger partial charge in [0.2, 0.25) is 5.91 Å². The molecule has 0 spiro atoms. The summed E-state index contributed by atoms with van der Waals surface area (Å²) in [5.41, 5.74) is 2.66. The molecule has 0 atom stereocenters. The van der Waals surface area contributed by atoms with E-state index in [1.54, 1.807) is 18.3 Å². The average Bonchev–Trinajstić information content (AvgIpc) is 3.27. The minimum Gasteiger partial charge on any atom is -0.453 e. The Hall–Kier alpha value is -3.89. The fourth-order valence-electron chi connectivity index (χ4n) is 3.25. The Morgan fingerprint density at radius 1 is 1.14 bits per heavy atom. The number of thiophene rings is 1. The molecular formula is C25H21FN4O3S2. The second-order valence-corrected chi connectivity index (χ2v) is 8.87. The number of nitrogens with one attached hydrogen (secondary N) is 2. The van der Waals surface area contributed by atoms with Crippen LogP contribution < -0.4 is 15.4 Å². The van der Waals surface area contributed by atoms with Gasteiger partial charge in [-0.3, -0.25) is 9.78 Å². The summed E-state index contributed by atoms with van der Waals surface area (Å²) < 4.78 is 21.4. The van der Waals surface area contributed by atoms with Gasteiger partial charge in [-0.2, -0.15) is 0 Å². The lowest BCUT2D eigenvalue weighted by Gasteiger charge is -2.12. The predicted molar refractivity (Wildman–Crippen MR) is 140 cm³/mol. The molecule has 2 aromatic carbocycles. The third-order valence-electron chi connectivity index (χ3n) is 4.83. The molecule has 0 radical (unpaired) electrons. The lowest BCUT2D eigenvalue weighted by atomic mass is 10.1. The highest BCUT2D eigenvalue weighted by Crippen LogP contribution is 2.36. The van der Waals surface area contributed by atoms with Crippen LogP contribution in [0.3, 0.4) is 0 Å². The smallest absolute Gasteiger partial charge is 0.230 e. The molecule has 0 aliphatic rings. The zero-order valence-corrected chi connectivity index (χ0v) is 20.5. The number of rotatable bonds is 7. The summed E-state index contributed by atoms with van der Waals surface area (Å²) in [6.07, 6.45) is 1.78. The van der Waals surface area contributed by atoms with Crippen LogP contribution in [0.15, 0.2) is 72.0 Å². The van der Waals surface area contributed by atoms with E-state index >= 15 is 0 Å². The number of amides is 1. The van der Waals surface area contributed by atoms with Gasteiger partial charge < -0.3 is 20.2 Å². The third kappa shape index (κ3) is 6.17. The summed E-state index contributed by atoms with van der Waals surface area (Å²) in [5, 5.41) is 9.44. The van der Waals surface area contributed by atoms with Crippen molar-refractivity contribution >= 4 is 56.2 Å². The highest BCUT2D eigenvalue weighted by atomic mass is 32.1. The molecule has 2 N–H and O–H groups in total. The van der Waals surface area contributed by atoms with Gasteiger partial charge in [-0.25, -0.2) is 4.39 Å². The SMILES string of the molecule is CO/N=C(\C)c1cc2nccc(Oc3ccc(NC(=S)NC(=O)Cc4ccccc4)cc3F)c2s1. The first kappa shape index (κ1) is 24.2. The monoisotopic (exact) mass is 508 g/mol. The first-order valence-electron chi connectivity index (χ1n) is 10.5. The number of hydrogen-bond donors (Lipinski definition) is 2. The van der Waals surface area contributed by atoms with E-state index in [9.17, 15) is 9.18 Å². The maximum Gasteiger partial charge on any atom is 0.230 e. The number of carbonyl (C=O) groups is 1. The molecule has 0 fully saturated rings. The molecule has 0 saturated heterocycles. The van der Waals surface area contributed by atoms with Crippen molar-refractivity contribution in [2.75, 3.05) is 12.4 Å². The molecule has 0 aliphatic heterocycles. The van der Waals surface area contributed by atoms with Crippen molar-refractivity contribution in [3.8, 4) is 11.5 Å². The molecule has 10 heteroatoms. The number of hydrogen-bond acceptors (Lipinski definition) is 7. The van der Waals surface area contributed by atoms with Crippen molar-refractivity contribution in [2.24, 2.45) is 5.16 Å². The first-order valence-corrected chi connectivity index (χ1v) is 11.7. The quantitative estimate of drug-likeness (QED) is 0.191. The van der Waals surface area contributed by atoms with Crippen molar-refractivity contribution in [1.29, 1.82) is 0 Å². The van der Waals surface area contributed by atoms with E-state index in [1.165, 1.54) is 30.6 Å². The van der Waals surface area contributed by atoms with E-state index < -0.39 is 5.82 Å². The normalized spacial score (nSPS) is 11.2. The number of ether oxygens (including phenoxy) is 1. The van der Waals surface area contributed by atoms with Gasteiger partial charge in [0.15, 0.2) is 16.7 Å². The lowest BCUT2D eigenvalue weighted by Crippen LogP contribution is -2.35. The molecule has 1 amide bonds. The molecule has 0 unspecified atom stereocenters. The lowest BCUT2D eigenvalue weighted by molar-refractivity contribution is -0.119. The van der Waals surface area contributed by atoms with Gasteiger partial charge in [0.1, 0.15) is 12.9 Å². The number of halogens is 1. The van der Waals surface area contributed by atoms with Crippen LogP contribution in [-0.4, -0.2) is 28.8 Å². The van der Waals surface area contributed by atoms with E-state index in [4.69, 9.17) is 21.8 Å². The Bertz CT molecular complexity index is 1410. The fourth-order valence-corrected chi connectivity index (χ4v) is 4.48. The molecule has 2 heterocycles. The molecule has 4 aromatic rings. The summed E-state index contributed by atoms with van der Waals surface area (Å²) in [6.45, 7) is 1.83. The van der Waals surface area contributed by atoms with Crippen LogP contribution in [0.1, 0.15) is 17.4 Å². The Kier molecular flexibility index (Phi) is 7.64. The molecule has 0 bridgehead atoms. The van der Waals surface area contributed by atoms with E-state index in [-0.39, 0.29) is 23.2 Å². The Labute approximate surface area is 210 Å². The molecule has 4 rings (SSSR count). The maximum atomic E-state index is 14.8. The second kappa shape index (κ2) is 11.0. The average molecular weight is 509 g/mol. The molecular weight excluding hydrogens is 487 g/mol. The van der Waals surface area contributed by atoms with Gasteiger partial charge >= 0.3 is 0 Å². The van der Waals surface area contributed by atoms with Crippen molar-refractivity contribution in [3.63, 3.8) is 0 Å². The van der Waals surface area contributed by atoms with Crippen LogP contribution in [0.25, 0.3) is 10.2 Å². The summed E-state index contributed by atoms with van der Waals surface area (Å²) in [7, 11) is 1.48. The topological polar surface area (TPSA) is 84.8 Å². The molecule has 0 saturated carbocycles. The van der Waals surface area contributed by atoms with Gasteiger partial charge in [0.05, 0.1) is 27.2 Å². The number of pyridine rings is 1. The Balaban J connectivity index is 1.43. The zero-order valence-electron chi connectivity index (χ0n) is 18.9. The van der Waals surface area contributed by atoms with Crippen LogP contribution in [-0.2, 0) is 16.1 Å². The number of fused-ring (bicyclic) bond motifs is 1. The second-order valence-electron chi connectivity index (χ2n) is 7.41. The molecule has 0 aliphatic carbocycles. The van der Waals surface area contributed by atoms with E-state index in [0.29, 0.717) is 22.7 Å². The van der Waals surface area contributed by atoms with Crippen LogP contribution in [0.5, 0.6) is 11.5 Å². The number of carbonyl (C=O) groups excluding carboxylic acids is 1. The third-order valence-corrected chi connectivity index (χ3v) is 6.28. The summed E-state index contributed by atoms with van der Waals surface area (Å²) >= 11 is 6.61. The minimum atomic E-state index is -0.590. The van der Waals surface area contributed by atoms with Crippen LogP contribution in [0.4, 0.5) is 10.1 Å². The van der Waals surface area contributed by atoms with Gasteiger partial charge in [0.25, 0.3) is 0 Å². The number of nitrogens with zero attached hydrogens (tertiary/aromatic N) is 2. The van der Waals surface area contributed by atoms with Crippen LogP contribution in [0, 0.1) is 5.82 Å². The number of thiocarbonyl (C=S) groups is 1. The minimum absolute atomic E-state index is 0.0410. The summed E-state index contributed by atoms with van der Waals surface area (Å²) in [6, 6.07) is 17.2. The largest absolute Gasteiger partial charge is 0.453 e. The number of oxime groups is 1. The van der Waals surface area contributed by atoms with Gasteiger partial charge in [0, 0.05) is 24.0 Å². The molecule has 178 valence electrons. The van der Waals surface area contributed by atoms with Crippen molar-refractivity contribution in [2.45, 2.75) is 13.3 Å². The number of aromatic nitrogens is 1. The number of benzene rings is 2. The van der Waals surface area contributed by atoms with Crippen molar-refractivity contribution < 1.29 is 18.8 Å². The van der Waals surface area contributed by atoms with Crippen LogP contribution in [0.2, 0.25) is 0 Å². The van der Waals surface area contributed by atoms with E-state index in [1.807, 2.05) is 43.3 Å². The van der Waals surface area contributed by atoms with E-state index in [0.717, 1.165) is 15.1 Å². The number of anilines is 1. The Morgan fingerprint density at radius 2 is 1.94 bits per heavy atom. The maximum absolute atomic E-state index is 14.8. The standard InChI is InChI=1S/C25H21FN4O3S2/c1-15(30-32-2)22-14-19-24(35-22)21(10-11-27-19)33-20-9-8-17(13-18(20)26)28-25(34)29-23(31)12-16-6-4-3-5-7-16/h3-11,13-14H,12H2,1-2H3,(H2,28,29,31,34)/b30-15+. The highest BCUT2D eigenvalue weighted by molar-refractivity contribution is 7.80. The van der Waals surface area contributed by atoms with Gasteiger partial charge in [-0.05, 0) is 42.9 Å². The predicted octanol–water partition coefficient (Wildman–Crippen LogP) is 5.65. The van der Waals surface area contributed by atoms with Crippen molar-refractivity contribution in [1.82, 2.24) is 10.3 Å². The summed E-state index contributed by atoms with van der Waals surface area (Å²) in [5.74, 6) is -0.344. The first-order chi connectivity index (χ1) is 16.9. The summed E-state index contributed by atoms with van der Waals surface area (Å²) in [4.78, 5) is 22.2. The molecule has 2 aromatic heterocycles. The van der Waals surface area contributed by atoms with Crippen LogP contribution >= 0.6 is 23.6 Å². The molecule has 35 heavy (non-hydrogen) atoms. The molecule has 7 nitrogen and oxygen atoms in total. The van der Waals surface area contributed by atoms with E-state index in [2.05, 4.69) is 20.8 Å². The van der Waals surface area contributed by atoms with Gasteiger partial charge in [-0.1, -0.05) is 35.5 Å².